The van der Waals surface area contributed by atoms with E-state index in [1.54, 1.807) is 0 Å². The monoisotopic (exact) mass is 346 g/mol. The Bertz CT molecular complexity index is 784. The molecule has 6 heteroatoms. The maximum atomic E-state index is 6.03. The Morgan fingerprint density at radius 2 is 1.95 bits per heavy atom. The molecule has 0 amide bonds. The van der Waals surface area contributed by atoms with Gasteiger partial charge in [0.25, 0.3) is 0 Å². The summed E-state index contributed by atoms with van der Waals surface area (Å²) in [6.07, 6.45) is 0. The maximum absolute atomic E-state index is 6.03. The zero-order chi connectivity index (χ0) is 15.0. The first-order valence-corrected chi connectivity index (χ1v) is 7.50. The Labute approximate surface area is 130 Å². The van der Waals surface area contributed by atoms with Crippen LogP contribution in [0.15, 0.2) is 39.3 Å². The minimum atomic E-state index is -0.273. The minimum Gasteiger partial charge on any atom is -0.337 e. The summed E-state index contributed by atoms with van der Waals surface area (Å²) in [5.41, 5.74) is 7.57. The number of fused-ring (bicyclic) bond motifs is 1. The molecule has 0 spiro atoms. The Hall–Kier alpha value is -1.79. The van der Waals surface area contributed by atoms with Crippen molar-refractivity contribution in [2.45, 2.75) is 19.9 Å². The van der Waals surface area contributed by atoms with Gasteiger partial charge < -0.3 is 10.3 Å². The first kappa shape index (κ1) is 14.2. The number of nitrogens with two attached hydrogens (primary N) is 1. The van der Waals surface area contributed by atoms with Crippen molar-refractivity contribution in [1.82, 2.24) is 15.1 Å². The highest BCUT2D eigenvalue weighted by molar-refractivity contribution is 9.10. The summed E-state index contributed by atoms with van der Waals surface area (Å²) in [4.78, 5) is 8.96. The van der Waals surface area contributed by atoms with E-state index in [2.05, 4.69) is 31.1 Å². The van der Waals surface area contributed by atoms with Crippen LogP contribution < -0.4 is 5.73 Å². The second kappa shape index (κ2) is 5.54. The molecular weight excluding hydrogens is 332 g/mol. The van der Waals surface area contributed by atoms with Gasteiger partial charge >= 0.3 is 0 Å². The number of hydrogen-bond acceptors (Lipinski definition) is 5. The number of rotatable bonds is 3. The average molecular weight is 347 g/mol. The highest BCUT2D eigenvalue weighted by Crippen LogP contribution is 2.29. The largest absolute Gasteiger partial charge is 0.337 e. The van der Waals surface area contributed by atoms with E-state index in [-0.39, 0.29) is 12.0 Å². The van der Waals surface area contributed by atoms with E-state index >= 15 is 0 Å². The van der Waals surface area contributed by atoms with E-state index in [9.17, 15) is 0 Å². The van der Waals surface area contributed by atoms with Gasteiger partial charge in [-0.05, 0) is 34.0 Å². The molecule has 0 fully saturated rings. The molecular formula is C15H15BrN4O. The van der Waals surface area contributed by atoms with Crippen LogP contribution in [0.1, 0.15) is 25.8 Å². The van der Waals surface area contributed by atoms with Crippen LogP contribution in [-0.2, 0) is 0 Å². The zero-order valence-electron chi connectivity index (χ0n) is 11.7. The fourth-order valence-electron chi connectivity index (χ4n) is 2.00. The maximum Gasteiger partial charge on any atom is 0.244 e. The molecule has 1 atom stereocenters. The lowest BCUT2D eigenvalue weighted by atomic mass is 10.1. The normalized spacial score (nSPS) is 13.0. The van der Waals surface area contributed by atoms with Crippen molar-refractivity contribution >= 4 is 26.8 Å². The van der Waals surface area contributed by atoms with Crippen LogP contribution in [0.25, 0.3) is 22.4 Å². The third-order valence-electron chi connectivity index (χ3n) is 3.33. The lowest BCUT2D eigenvalue weighted by Crippen LogP contribution is -2.16. The van der Waals surface area contributed by atoms with Gasteiger partial charge in [-0.2, -0.15) is 4.98 Å². The summed E-state index contributed by atoms with van der Waals surface area (Å²) >= 11 is 3.51. The third-order valence-corrected chi connectivity index (χ3v) is 3.94. The summed E-state index contributed by atoms with van der Waals surface area (Å²) in [6, 6.07) is 9.61. The molecule has 2 heterocycles. The van der Waals surface area contributed by atoms with E-state index in [0.717, 1.165) is 15.4 Å². The molecule has 0 aliphatic heterocycles. The number of pyridine rings is 1. The molecule has 1 aromatic carbocycles. The number of aromatic nitrogens is 3. The molecule has 0 radical (unpaired) electrons. The molecule has 0 aliphatic carbocycles. The summed E-state index contributed by atoms with van der Waals surface area (Å²) < 4.78 is 6.09. The molecule has 0 saturated heterocycles. The van der Waals surface area contributed by atoms with E-state index in [4.69, 9.17) is 10.3 Å². The van der Waals surface area contributed by atoms with Crippen molar-refractivity contribution in [2.75, 3.05) is 0 Å². The average Bonchev–Trinajstić information content (AvgIpc) is 2.95. The quantitative estimate of drug-likeness (QED) is 0.782. The summed E-state index contributed by atoms with van der Waals surface area (Å²) in [5.74, 6) is 1.10. The SMILES string of the molecule is CC(C)[C@H](N)c1nc(-c2nc3ccccc3cc2Br)no1. The Balaban J connectivity index is 2.06. The van der Waals surface area contributed by atoms with Crippen molar-refractivity contribution in [1.29, 1.82) is 0 Å². The number of hydrogen-bond donors (Lipinski definition) is 1. The lowest BCUT2D eigenvalue weighted by molar-refractivity contribution is 0.325. The molecule has 0 bridgehead atoms. The van der Waals surface area contributed by atoms with Gasteiger partial charge in [0.1, 0.15) is 5.69 Å². The second-order valence-electron chi connectivity index (χ2n) is 5.24. The van der Waals surface area contributed by atoms with Gasteiger partial charge in [-0.1, -0.05) is 37.2 Å². The van der Waals surface area contributed by atoms with E-state index < -0.39 is 0 Å². The van der Waals surface area contributed by atoms with Gasteiger partial charge in [-0.25, -0.2) is 4.98 Å². The third kappa shape index (κ3) is 2.69. The van der Waals surface area contributed by atoms with Crippen LogP contribution in [0.2, 0.25) is 0 Å². The van der Waals surface area contributed by atoms with Crippen LogP contribution in [0.4, 0.5) is 0 Å². The van der Waals surface area contributed by atoms with Crippen LogP contribution in [-0.4, -0.2) is 15.1 Å². The van der Waals surface area contributed by atoms with Crippen molar-refractivity contribution in [3.8, 4) is 11.5 Å². The summed E-state index contributed by atoms with van der Waals surface area (Å²) in [7, 11) is 0. The number of benzene rings is 1. The molecule has 0 aliphatic rings. The highest BCUT2D eigenvalue weighted by atomic mass is 79.9. The predicted octanol–water partition coefficient (Wildman–Crippen LogP) is 3.70. The summed E-state index contributed by atoms with van der Waals surface area (Å²) in [6.45, 7) is 4.03. The second-order valence-corrected chi connectivity index (χ2v) is 6.09. The van der Waals surface area contributed by atoms with Crippen LogP contribution in [0.5, 0.6) is 0 Å². The van der Waals surface area contributed by atoms with E-state index in [1.165, 1.54) is 0 Å². The molecule has 5 nitrogen and oxygen atoms in total. The van der Waals surface area contributed by atoms with Gasteiger partial charge in [-0.3, -0.25) is 0 Å². The molecule has 0 unspecified atom stereocenters. The van der Waals surface area contributed by atoms with Crippen LogP contribution >= 0.6 is 15.9 Å². The van der Waals surface area contributed by atoms with Gasteiger partial charge in [0, 0.05) is 9.86 Å². The van der Waals surface area contributed by atoms with Gasteiger partial charge in [0.2, 0.25) is 11.7 Å². The van der Waals surface area contributed by atoms with Crippen LogP contribution in [0, 0.1) is 5.92 Å². The van der Waals surface area contributed by atoms with Gasteiger partial charge in [-0.15, -0.1) is 0 Å². The predicted molar refractivity (Wildman–Crippen MR) is 84.5 cm³/mol. The van der Waals surface area contributed by atoms with Crippen molar-refractivity contribution in [3.05, 3.63) is 40.7 Å². The number of nitrogens with zero attached hydrogens (tertiary/aromatic N) is 3. The number of halogens is 1. The summed E-state index contributed by atoms with van der Waals surface area (Å²) in [5, 5.41) is 5.05. The van der Waals surface area contributed by atoms with E-state index in [0.29, 0.717) is 17.4 Å². The molecule has 2 N–H and O–H groups in total. The topological polar surface area (TPSA) is 77.8 Å². The van der Waals surface area contributed by atoms with Crippen molar-refractivity contribution < 1.29 is 4.52 Å². The van der Waals surface area contributed by atoms with Gasteiger partial charge in [0.05, 0.1) is 11.6 Å². The zero-order valence-corrected chi connectivity index (χ0v) is 13.3. The van der Waals surface area contributed by atoms with E-state index in [1.807, 2.05) is 44.2 Å². The Morgan fingerprint density at radius 1 is 1.19 bits per heavy atom. The molecule has 0 saturated carbocycles. The van der Waals surface area contributed by atoms with Crippen molar-refractivity contribution in [2.24, 2.45) is 11.7 Å². The Morgan fingerprint density at radius 3 is 2.71 bits per heavy atom. The first-order chi connectivity index (χ1) is 10.1. The highest BCUT2D eigenvalue weighted by Gasteiger charge is 2.20. The fourth-order valence-corrected chi connectivity index (χ4v) is 2.51. The Kier molecular flexibility index (Phi) is 3.73. The standard InChI is InChI=1S/C15H15BrN4O/c1-8(2)12(17)15-19-14(20-21-15)13-10(16)7-9-5-3-4-6-11(9)18-13/h3-8,12H,17H2,1-2H3/t12-/m0/s1. The minimum absolute atomic E-state index is 0.228. The molecule has 3 aromatic rings. The van der Waals surface area contributed by atoms with Crippen LogP contribution in [0.3, 0.4) is 0 Å². The van der Waals surface area contributed by atoms with Crippen molar-refractivity contribution in [3.63, 3.8) is 0 Å². The molecule has 3 rings (SSSR count). The van der Waals surface area contributed by atoms with Gasteiger partial charge in [0.15, 0.2) is 0 Å². The lowest BCUT2D eigenvalue weighted by Gasteiger charge is -2.09. The molecule has 2 aromatic heterocycles. The molecule has 21 heavy (non-hydrogen) atoms. The number of para-hydroxylation sites is 1. The molecule has 108 valence electrons. The smallest absolute Gasteiger partial charge is 0.244 e. The fraction of sp³-hybridized carbons (Fsp3) is 0.267. The first-order valence-electron chi connectivity index (χ1n) is 6.71.